The molecule has 2 N–H and O–H groups in total. The van der Waals surface area contributed by atoms with E-state index >= 15 is 0 Å². The molecule has 1 fully saturated rings. The maximum Gasteiger partial charge on any atom is 0.160 e. The molecule has 0 aliphatic heterocycles. The normalized spacial score (nSPS) is 28.5. The number of halogens is 1. The van der Waals surface area contributed by atoms with E-state index in [2.05, 4.69) is 49.8 Å². The predicted molar refractivity (Wildman–Crippen MR) is 98.6 cm³/mol. The van der Waals surface area contributed by atoms with Crippen LogP contribution in [0.2, 0.25) is 0 Å². The van der Waals surface area contributed by atoms with Crippen LogP contribution in [0.3, 0.4) is 0 Å². The van der Waals surface area contributed by atoms with Crippen LogP contribution in [0.5, 0.6) is 0 Å². The largest absolute Gasteiger partial charge is 0.375 e. The summed E-state index contributed by atoms with van der Waals surface area (Å²) in [6, 6.07) is 0.0456. The van der Waals surface area contributed by atoms with Crippen LogP contribution in [0.15, 0.2) is 36.8 Å². The highest BCUT2D eigenvalue weighted by Crippen LogP contribution is 2.28. The Morgan fingerprint density at radius 2 is 2.23 bits per heavy atom. The van der Waals surface area contributed by atoms with Crippen molar-refractivity contribution in [1.82, 2.24) is 20.2 Å². The van der Waals surface area contributed by atoms with Crippen molar-refractivity contribution in [1.29, 1.82) is 0 Å². The van der Waals surface area contributed by atoms with Crippen molar-refractivity contribution in [3.63, 3.8) is 0 Å². The smallest absolute Gasteiger partial charge is 0.160 e. The zero-order valence-corrected chi connectivity index (χ0v) is 14.6. The van der Waals surface area contributed by atoms with Crippen LogP contribution < -0.4 is 5.32 Å². The van der Waals surface area contributed by atoms with Gasteiger partial charge in [0.2, 0.25) is 0 Å². The predicted octanol–water partition coefficient (Wildman–Crippen LogP) is 3.56. The first-order valence-electron chi connectivity index (χ1n) is 9.29. The lowest BCUT2D eigenvalue weighted by Gasteiger charge is -2.32. The molecular formula is C19H24FN5O. The molecule has 6 nitrogen and oxygen atoms in total. The summed E-state index contributed by atoms with van der Waals surface area (Å²) in [6.07, 6.45) is 14.5. The molecule has 138 valence electrons. The van der Waals surface area contributed by atoms with Crippen molar-refractivity contribution in [2.24, 2.45) is 5.92 Å². The van der Waals surface area contributed by atoms with Gasteiger partial charge in [0.15, 0.2) is 5.65 Å². The van der Waals surface area contributed by atoms with Gasteiger partial charge in [0, 0.05) is 19.1 Å². The number of rotatable bonds is 6. The van der Waals surface area contributed by atoms with Gasteiger partial charge >= 0.3 is 0 Å². The Morgan fingerprint density at radius 1 is 1.27 bits per heavy atom. The Hall–Kier alpha value is -2.28. The van der Waals surface area contributed by atoms with Gasteiger partial charge in [0.05, 0.1) is 17.7 Å². The topological polar surface area (TPSA) is 75.7 Å². The molecule has 0 radical (unpaired) electrons. The first kappa shape index (κ1) is 17.1. The molecule has 0 bridgehead atoms. The van der Waals surface area contributed by atoms with Crippen molar-refractivity contribution >= 4 is 16.9 Å². The minimum absolute atomic E-state index is 0.0456. The fourth-order valence-corrected chi connectivity index (χ4v) is 3.70. The van der Waals surface area contributed by atoms with Gasteiger partial charge < -0.3 is 10.1 Å². The summed E-state index contributed by atoms with van der Waals surface area (Å²) < 4.78 is 20.4. The highest BCUT2D eigenvalue weighted by atomic mass is 19.1. The molecule has 1 unspecified atom stereocenters. The minimum Gasteiger partial charge on any atom is -0.375 e. The van der Waals surface area contributed by atoms with E-state index in [0.717, 1.165) is 31.1 Å². The second kappa shape index (κ2) is 7.95. The average molecular weight is 357 g/mol. The summed E-state index contributed by atoms with van der Waals surface area (Å²) in [5.74, 6) is 1.23. The van der Waals surface area contributed by atoms with Crippen LogP contribution in [-0.4, -0.2) is 45.1 Å². The van der Waals surface area contributed by atoms with Crippen molar-refractivity contribution < 1.29 is 9.13 Å². The van der Waals surface area contributed by atoms with Crippen molar-refractivity contribution in [2.75, 3.05) is 11.9 Å². The molecular weight excluding hydrogens is 333 g/mol. The summed E-state index contributed by atoms with van der Waals surface area (Å²) in [4.78, 5) is 8.39. The quantitative estimate of drug-likeness (QED) is 0.827. The minimum atomic E-state index is -0.954. The molecule has 26 heavy (non-hydrogen) atoms. The SMILES string of the molecule is F[C@@H]1C[C@H](Nc2ncnc3[nH]ncc23)CC[C@H]1OCCC1C=CC=CC1. The van der Waals surface area contributed by atoms with Gasteiger partial charge in [-0.2, -0.15) is 5.10 Å². The molecule has 0 aromatic carbocycles. The third-order valence-electron chi connectivity index (χ3n) is 5.19. The number of nitrogens with zero attached hydrogens (tertiary/aromatic N) is 3. The first-order valence-corrected chi connectivity index (χ1v) is 9.29. The fraction of sp³-hybridized carbons (Fsp3) is 0.526. The average Bonchev–Trinajstić information content (AvgIpc) is 3.14. The highest BCUT2D eigenvalue weighted by Gasteiger charge is 2.31. The summed E-state index contributed by atoms with van der Waals surface area (Å²) in [7, 11) is 0. The van der Waals surface area contributed by atoms with E-state index in [1.165, 1.54) is 6.33 Å². The Labute approximate surface area is 151 Å². The van der Waals surface area contributed by atoms with E-state index in [0.29, 0.717) is 30.4 Å². The van der Waals surface area contributed by atoms with Gasteiger partial charge in [-0.25, -0.2) is 14.4 Å². The molecule has 2 aromatic rings. The molecule has 1 saturated carbocycles. The fourth-order valence-electron chi connectivity index (χ4n) is 3.70. The number of nitrogens with one attached hydrogen (secondary N) is 2. The number of anilines is 1. The van der Waals surface area contributed by atoms with Crippen LogP contribution >= 0.6 is 0 Å². The second-order valence-electron chi connectivity index (χ2n) is 7.03. The number of ether oxygens (including phenoxy) is 1. The summed E-state index contributed by atoms with van der Waals surface area (Å²) >= 11 is 0. The molecule has 4 rings (SSSR count). The molecule has 0 amide bonds. The van der Waals surface area contributed by atoms with Crippen LogP contribution in [0.4, 0.5) is 10.2 Å². The van der Waals surface area contributed by atoms with Gasteiger partial charge in [0.25, 0.3) is 0 Å². The Morgan fingerprint density at radius 3 is 3.08 bits per heavy atom. The summed E-state index contributed by atoms with van der Waals surface area (Å²) in [6.45, 7) is 0.619. The number of hydrogen-bond acceptors (Lipinski definition) is 5. The number of aromatic nitrogens is 4. The van der Waals surface area contributed by atoms with Gasteiger partial charge in [-0.1, -0.05) is 24.3 Å². The number of allylic oxidation sites excluding steroid dienone is 4. The van der Waals surface area contributed by atoms with E-state index in [9.17, 15) is 4.39 Å². The Kier molecular flexibility index (Phi) is 5.24. The molecule has 4 atom stereocenters. The van der Waals surface area contributed by atoms with Gasteiger partial charge in [0.1, 0.15) is 18.3 Å². The maximum absolute atomic E-state index is 14.6. The molecule has 0 spiro atoms. The molecule has 2 aliphatic carbocycles. The van der Waals surface area contributed by atoms with Crippen LogP contribution in [0.1, 0.15) is 32.1 Å². The van der Waals surface area contributed by atoms with Gasteiger partial charge in [-0.05, 0) is 31.6 Å². The molecule has 2 aliphatic rings. The molecule has 2 aromatic heterocycles. The van der Waals surface area contributed by atoms with Gasteiger partial charge in [-0.15, -0.1) is 0 Å². The van der Waals surface area contributed by atoms with E-state index < -0.39 is 6.17 Å². The summed E-state index contributed by atoms with van der Waals surface area (Å²) in [5.41, 5.74) is 0.683. The summed E-state index contributed by atoms with van der Waals surface area (Å²) in [5, 5.41) is 11.0. The first-order chi connectivity index (χ1) is 12.8. The molecule has 0 saturated heterocycles. The second-order valence-corrected chi connectivity index (χ2v) is 7.03. The van der Waals surface area contributed by atoms with E-state index in [4.69, 9.17) is 4.74 Å². The number of fused-ring (bicyclic) bond motifs is 1. The third kappa shape index (κ3) is 3.93. The number of hydrogen-bond donors (Lipinski definition) is 2. The lowest BCUT2D eigenvalue weighted by atomic mass is 9.91. The van der Waals surface area contributed by atoms with Crippen LogP contribution in [0, 0.1) is 5.92 Å². The standard InChI is InChI=1S/C19H24FN5O/c20-16-10-14(24-18-15-11-23-25-19(15)22-12-21-18)6-7-17(16)26-9-8-13-4-2-1-3-5-13/h1-4,11-14,16-17H,5-10H2,(H2,21,22,23,24,25)/t13?,14-,16-,17-/m1/s1. The van der Waals surface area contributed by atoms with Crippen molar-refractivity contribution in [3.05, 3.63) is 36.8 Å². The third-order valence-corrected chi connectivity index (χ3v) is 5.19. The van der Waals surface area contributed by atoms with Crippen LogP contribution in [0.25, 0.3) is 11.0 Å². The monoisotopic (exact) mass is 357 g/mol. The van der Waals surface area contributed by atoms with Gasteiger partial charge in [-0.3, -0.25) is 5.10 Å². The van der Waals surface area contributed by atoms with Crippen molar-refractivity contribution in [2.45, 2.75) is 50.4 Å². The van der Waals surface area contributed by atoms with E-state index in [1.807, 2.05) is 0 Å². The van der Waals surface area contributed by atoms with Crippen LogP contribution in [-0.2, 0) is 4.74 Å². The number of alkyl halides is 1. The number of H-pyrrole nitrogens is 1. The molecule has 7 heteroatoms. The zero-order chi connectivity index (χ0) is 17.8. The zero-order valence-electron chi connectivity index (χ0n) is 14.6. The van der Waals surface area contributed by atoms with Crippen molar-refractivity contribution in [3.8, 4) is 0 Å². The Bertz CT molecular complexity index is 789. The Balaban J connectivity index is 1.26. The highest BCUT2D eigenvalue weighted by molar-refractivity contribution is 5.85. The maximum atomic E-state index is 14.6. The molecule has 2 heterocycles. The lowest BCUT2D eigenvalue weighted by Crippen LogP contribution is -2.39. The van der Waals surface area contributed by atoms with E-state index in [1.54, 1.807) is 6.20 Å². The van der Waals surface area contributed by atoms with E-state index in [-0.39, 0.29) is 12.1 Å². The number of aromatic amines is 1. The lowest BCUT2D eigenvalue weighted by molar-refractivity contribution is -0.0296.